The standard InChI is InChI=1S/C11H19FO/c1-2-3-6-11(9-13)7-4-5-10(12)8-11/h4,7,10,13H,2-3,5-6,8-9H2,1H3. The molecule has 2 atom stereocenters. The van der Waals surface area contributed by atoms with Crippen molar-refractivity contribution >= 4 is 0 Å². The highest BCUT2D eigenvalue weighted by Gasteiger charge is 2.31. The van der Waals surface area contributed by atoms with Crippen LogP contribution in [0.4, 0.5) is 4.39 Å². The normalized spacial score (nSPS) is 33.6. The van der Waals surface area contributed by atoms with Gasteiger partial charge in [-0.1, -0.05) is 31.9 Å². The van der Waals surface area contributed by atoms with Crippen LogP contribution < -0.4 is 0 Å². The van der Waals surface area contributed by atoms with Gasteiger partial charge in [-0.15, -0.1) is 0 Å². The van der Waals surface area contributed by atoms with E-state index in [4.69, 9.17) is 0 Å². The van der Waals surface area contributed by atoms with E-state index in [1.165, 1.54) is 0 Å². The van der Waals surface area contributed by atoms with Crippen molar-refractivity contribution < 1.29 is 9.50 Å². The number of hydrogen-bond donors (Lipinski definition) is 1. The number of aliphatic hydroxyl groups is 1. The van der Waals surface area contributed by atoms with Crippen molar-refractivity contribution in [1.82, 2.24) is 0 Å². The van der Waals surface area contributed by atoms with Crippen molar-refractivity contribution in [2.75, 3.05) is 6.61 Å². The van der Waals surface area contributed by atoms with Gasteiger partial charge in [-0.05, 0) is 19.3 Å². The van der Waals surface area contributed by atoms with E-state index in [0.717, 1.165) is 19.3 Å². The van der Waals surface area contributed by atoms with Crippen LogP contribution in [0, 0.1) is 5.41 Å². The van der Waals surface area contributed by atoms with Gasteiger partial charge >= 0.3 is 0 Å². The fourth-order valence-electron chi connectivity index (χ4n) is 1.97. The lowest BCUT2D eigenvalue weighted by molar-refractivity contribution is 0.106. The maximum atomic E-state index is 13.1. The molecule has 0 bridgehead atoms. The summed E-state index contributed by atoms with van der Waals surface area (Å²) in [7, 11) is 0. The summed E-state index contributed by atoms with van der Waals surface area (Å²) < 4.78 is 13.1. The van der Waals surface area contributed by atoms with Crippen LogP contribution >= 0.6 is 0 Å². The van der Waals surface area contributed by atoms with Crippen molar-refractivity contribution in [2.24, 2.45) is 5.41 Å². The molecule has 0 saturated carbocycles. The van der Waals surface area contributed by atoms with Crippen LogP contribution in [0.1, 0.15) is 39.0 Å². The predicted octanol–water partition coefficient (Wildman–Crippen LogP) is 2.84. The first-order valence-corrected chi connectivity index (χ1v) is 5.15. The Balaban J connectivity index is 2.57. The van der Waals surface area contributed by atoms with Gasteiger partial charge in [0.05, 0.1) is 6.61 Å². The number of allylic oxidation sites excluding steroid dienone is 1. The lowest BCUT2D eigenvalue weighted by atomic mass is 9.75. The fourth-order valence-corrected chi connectivity index (χ4v) is 1.97. The summed E-state index contributed by atoms with van der Waals surface area (Å²) in [6.07, 6.45) is 7.24. The Bertz CT molecular complexity index is 179. The second-order valence-corrected chi connectivity index (χ2v) is 4.06. The molecule has 0 aromatic carbocycles. The third kappa shape index (κ3) is 2.80. The third-order valence-corrected chi connectivity index (χ3v) is 2.83. The van der Waals surface area contributed by atoms with Crippen molar-refractivity contribution in [2.45, 2.75) is 45.2 Å². The van der Waals surface area contributed by atoms with E-state index in [9.17, 15) is 9.50 Å². The van der Waals surface area contributed by atoms with Gasteiger partial charge in [0, 0.05) is 5.41 Å². The SMILES string of the molecule is CCCCC1(CO)C=CCC(F)C1. The number of alkyl halides is 1. The lowest BCUT2D eigenvalue weighted by Crippen LogP contribution is -2.29. The van der Waals surface area contributed by atoms with Crippen molar-refractivity contribution in [3.63, 3.8) is 0 Å². The van der Waals surface area contributed by atoms with E-state index in [0.29, 0.717) is 12.8 Å². The molecule has 0 aromatic heterocycles. The highest BCUT2D eigenvalue weighted by molar-refractivity contribution is 5.06. The zero-order valence-electron chi connectivity index (χ0n) is 8.30. The number of rotatable bonds is 4. The molecule has 0 radical (unpaired) electrons. The molecule has 0 fully saturated rings. The molecule has 1 N–H and O–H groups in total. The molecule has 0 heterocycles. The van der Waals surface area contributed by atoms with E-state index in [-0.39, 0.29) is 12.0 Å². The molecule has 0 aromatic rings. The first kappa shape index (κ1) is 10.7. The minimum atomic E-state index is -0.756. The quantitative estimate of drug-likeness (QED) is 0.669. The first-order chi connectivity index (χ1) is 6.22. The predicted molar refractivity (Wildman–Crippen MR) is 52.3 cm³/mol. The van der Waals surface area contributed by atoms with E-state index in [1.807, 2.05) is 12.2 Å². The maximum Gasteiger partial charge on any atom is 0.104 e. The van der Waals surface area contributed by atoms with Crippen LogP contribution in [-0.2, 0) is 0 Å². The van der Waals surface area contributed by atoms with Gasteiger partial charge in [-0.3, -0.25) is 0 Å². The van der Waals surface area contributed by atoms with E-state index < -0.39 is 6.17 Å². The van der Waals surface area contributed by atoms with Crippen LogP contribution in [0.25, 0.3) is 0 Å². The summed E-state index contributed by atoms with van der Waals surface area (Å²) >= 11 is 0. The van der Waals surface area contributed by atoms with Crippen molar-refractivity contribution in [3.05, 3.63) is 12.2 Å². The van der Waals surface area contributed by atoms with Gasteiger partial charge in [-0.25, -0.2) is 4.39 Å². The second kappa shape index (κ2) is 4.75. The molecule has 0 amide bonds. The number of halogens is 1. The molecule has 2 heteroatoms. The molecule has 1 aliphatic rings. The van der Waals surface area contributed by atoms with Gasteiger partial charge in [-0.2, -0.15) is 0 Å². The molecule has 1 nitrogen and oxygen atoms in total. The van der Waals surface area contributed by atoms with Crippen LogP contribution in [-0.4, -0.2) is 17.9 Å². The lowest BCUT2D eigenvalue weighted by Gasteiger charge is -2.32. The third-order valence-electron chi connectivity index (χ3n) is 2.83. The zero-order chi connectivity index (χ0) is 9.73. The van der Waals surface area contributed by atoms with Crippen LogP contribution in [0.2, 0.25) is 0 Å². The Morgan fingerprint density at radius 3 is 2.92 bits per heavy atom. The van der Waals surface area contributed by atoms with Gasteiger partial charge in [0.2, 0.25) is 0 Å². The summed E-state index contributed by atoms with van der Waals surface area (Å²) in [5, 5.41) is 9.27. The van der Waals surface area contributed by atoms with E-state index in [1.54, 1.807) is 0 Å². The molecule has 0 saturated heterocycles. The first-order valence-electron chi connectivity index (χ1n) is 5.15. The Morgan fingerprint density at radius 2 is 2.38 bits per heavy atom. The minimum Gasteiger partial charge on any atom is -0.395 e. The summed E-state index contributed by atoms with van der Waals surface area (Å²) in [5.74, 6) is 0. The second-order valence-electron chi connectivity index (χ2n) is 4.06. The summed E-state index contributed by atoms with van der Waals surface area (Å²) in [4.78, 5) is 0. The van der Waals surface area contributed by atoms with Gasteiger partial charge in [0.15, 0.2) is 0 Å². The minimum absolute atomic E-state index is 0.0872. The smallest absolute Gasteiger partial charge is 0.104 e. The molecule has 0 aliphatic heterocycles. The van der Waals surface area contributed by atoms with E-state index in [2.05, 4.69) is 6.92 Å². The number of unbranched alkanes of at least 4 members (excludes halogenated alkanes) is 1. The molecule has 1 rings (SSSR count). The van der Waals surface area contributed by atoms with Crippen LogP contribution in [0.3, 0.4) is 0 Å². The fraction of sp³-hybridized carbons (Fsp3) is 0.818. The maximum absolute atomic E-state index is 13.1. The van der Waals surface area contributed by atoms with Crippen molar-refractivity contribution in [3.8, 4) is 0 Å². The largest absolute Gasteiger partial charge is 0.395 e. The molecule has 0 spiro atoms. The number of aliphatic hydroxyl groups excluding tert-OH is 1. The Labute approximate surface area is 79.7 Å². The summed E-state index contributed by atoms with van der Waals surface area (Å²) in [5.41, 5.74) is -0.256. The number of hydrogen-bond acceptors (Lipinski definition) is 1. The highest BCUT2D eigenvalue weighted by atomic mass is 19.1. The van der Waals surface area contributed by atoms with E-state index >= 15 is 0 Å². The molecular weight excluding hydrogens is 167 g/mol. The Morgan fingerprint density at radius 1 is 1.62 bits per heavy atom. The van der Waals surface area contributed by atoms with Gasteiger partial charge in [0.25, 0.3) is 0 Å². The van der Waals surface area contributed by atoms with Crippen molar-refractivity contribution in [1.29, 1.82) is 0 Å². The molecule has 2 unspecified atom stereocenters. The molecule has 1 aliphatic carbocycles. The Hall–Kier alpha value is -0.370. The van der Waals surface area contributed by atoms with Crippen LogP contribution in [0.15, 0.2) is 12.2 Å². The average Bonchev–Trinajstić information content (AvgIpc) is 2.15. The Kier molecular flexibility index (Phi) is 3.91. The zero-order valence-corrected chi connectivity index (χ0v) is 8.30. The van der Waals surface area contributed by atoms with Gasteiger partial charge in [0.1, 0.15) is 6.17 Å². The monoisotopic (exact) mass is 186 g/mol. The van der Waals surface area contributed by atoms with Gasteiger partial charge < -0.3 is 5.11 Å². The highest BCUT2D eigenvalue weighted by Crippen LogP contribution is 2.36. The summed E-state index contributed by atoms with van der Waals surface area (Å²) in [6.45, 7) is 2.20. The topological polar surface area (TPSA) is 20.2 Å². The molecule has 13 heavy (non-hydrogen) atoms. The van der Waals surface area contributed by atoms with Crippen LogP contribution in [0.5, 0.6) is 0 Å². The molecular formula is C11H19FO. The average molecular weight is 186 g/mol. The molecule has 76 valence electrons. The summed E-state index contributed by atoms with van der Waals surface area (Å²) in [6, 6.07) is 0.